The number of rotatable bonds is 1. The Hall–Kier alpha value is -1.35. The number of oxazole rings is 1. The normalized spacial score (nSPS) is 9.71. The summed E-state index contributed by atoms with van der Waals surface area (Å²) < 4.78 is 6.30. The van der Waals surface area contributed by atoms with Crippen molar-refractivity contribution in [2.45, 2.75) is 0 Å². The average molecular weight is 296 g/mol. The molecule has 1 aromatic heterocycles. The van der Waals surface area contributed by atoms with Crippen molar-refractivity contribution >= 4 is 22.6 Å². The van der Waals surface area contributed by atoms with Gasteiger partial charge in [0.1, 0.15) is 12.3 Å². The third kappa shape index (κ3) is 1.77. The van der Waals surface area contributed by atoms with E-state index in [0.29, 0.717) is 11.6 Å². The van der Waals surface area contributed by atoms with Gasteiger partial charge in [0.2, 0.25) is 5.89 Å². The Kier molecular flexibility index (Phi) is 2.50. The molecule has 0 saturated carbocycles. The summed E-state index contributed by atoms with van der Waals surface area (Å²) >= 11 is 2.23. The van der Waals surface area contributed by atoms with Crippen molar-refractivity contribution in [3.05, 3.63) is 39.8 Å². The first-order valence-corrected chi connectivity index (χ1v) is 4.99. The molecule has 0 amide bonds. The maximum Gasteiger partial charge on any atom is 0.227 e. The third-order valence-corrected chi connectivity index (χ3v) is 2.43. The van der Waals surface area contributed by atoms with E-state index in [1.54, 1.807) is 0 Å². The van der Waals surface area contributed by atoms with Crippen molar-refractivity contribution in [1.29, 1.82) is 5.26 Å². The van der Waals surface area contributed by atoms with Crippen molar-refractivity contribution in [2.24, 2.45) is 0 Å². The summed E-state index contributed by atoms with van der Waals surface area (Å²) in [7, 11) is 0. The molecule has 0 saturated heterocycles. The zero-order valence-electron chi connectivity index (χ0n) is 7.07. The zero-order valence-corrected chi connectivity index (χ0v) is 9.22. The van der Waals surface area contributed by atoms with Gasteiger partial charge in [0, 0.05) is 9.13 Å². The third-order valence-electron chi connectivity index (χ3n) is 1.71. The number of benzene rings is 1. The minimum Gasteiger partial charge on any atom is -0.443 e. The lowest BCUT2D eigenvalue weighted by Crippen LogP contribution is -1.78. The van der Waals surface area contributed by atoms with Crippen molar-refractivity contribution in [3.63, 3.8) is 0 Å². The summed E-state index contributed by atoms with van der Waals surface area (Å²) in [5.41, 5.74) is 1.19. The minimum atomic E-state index is 0.304. The van der Waals surface area contributed by atoms with Gasteiger partial charge in [0.15, 0.2) is 5.69 Å². The quantitative estimate of drug-likeness (QED) is 0.760. The summed E-state index contributed by atoms with van der Waals surface area (Å²) in [6.45, 7) is 0. The van der Waals surface area contributed by atoms with Gasteiger partial charge in [0.05, 0.1) is 0 Å². The Labute approximate surface area is 94.5 Å². The van der Waals surface area contributed by atoms with E-state index in [4.69, 9.17) is 9.68 Å². The highest BCUT2D eigenvalue weighted by atomic mass is 127. The topological polar surface area (TPSA) is 49.8 Å². The molecule has 0 aliphatic heterocycles. The molecule has 0 radical (unpaired) electrons. The fourth-order valence-corrected chi connectivity index (χ4v) is 1.41. The fourth-order valence-electron chi connectivity index (χ4n) is 1.05. The van der Waals surface area contributed by atoms with Crippen LogP contribution in [0.4, 0.5) is 0 Å². The molecule has 2 rings (SSSR count). The highest BCUT2D eigenvalue weighted by Gasteiger charge is 2.05. The number of nitriles is 1. The van der Waals surface area contributed by atoms with E-state index >= 15 is 0 Å². The molecule has 0 fully saturated rings. The average Bonchev–Trinajstić information content (AvgIpc) is 2.67. The van der Waals surface area contributed by atoms with Crippen molar-refractivity contribution < 1.29 is 4.42 Å². The van der Waals surface area contributed by atoms with Gasteiger partial charge in [-0.2, -0.15) is 10.2 Å². The Bertz CT molecular complexity index is 482. The first-order chi connectivity index (χ1) is 6.79. The molecule has 0 N–H and O–H groups in total. The second-order valence-electron chi connectivity index (χ2n) is 2.66. The predicted octanol–water partition coefficient (Wildman–Crippen LogP) is 2.82. The van der Waals surface area contributed by atoms with Crippen molar-refractivity contribution in [2.75, 3.05) is 0 Å². The van der Waals surface area contributed by atoms with Gasteiger partial charge in [0.25, 0.3) is 0 Å². The van der Waals surface area contributed by atoms with E-state index in [1.807, 2.05) is 30.3 Å². The molecule has 1 heterocycles. The van der Waals surface area contributed by atoms with E-state index in [-0.39, 0.29) is 0 Å². The molecule has 0 aliphatic rings. The molecule has 1 aromatic carbocycles. The first kappa shape index (κ1) is 9.21. The number of nitrogens with zero attached hydrogens (tertiary/aromatic N) is 2. The van der Waals surface area contributed by atoms with Gasteiger partial charge in [-0.25, -0.2) is 0 Å². The summed E-state index contributed by atoms with van der Waals surface area (Å²) in [6.07, 6.45) is 1.35. The van der Waals surface area contributed by atoms with Crippen LogP contribution < -0.4 is 0 Å². The highest BCUT2D eigenvalue weighted by molar-refractivity contribution is 14.1. The lowest BCUT2D eigenvalue weighted by atomic mass is 10.2. The van der Waals surface area contributed by atoms with Crippen LogP contribution >= 0.6 is 22.6 Å². The monoisotopic (exact) mass is 296 g/mol. The Morgan fingerprint density at radius 1 is 1.29 bits per heavy atom. The maximum atomic E-state index is 8.57. The van der Waals surface area contributed by atoms with Gasteiger partial charge in [-0.3, -0.25) is 0 Å². The summed E-state index contributed by atoms with van der Waals surface area (Å²) in [5, 5.41) is 8.57. The van der Waals surface area contributed by atoms with Crippen LogP contribution in [-0.2, 0) is 0 Å². The number of hydrogen-bond donors (Lipinski definition) is 0. The van der Waals surface area contributed by atoms with Gasteiger partial charge >= 0.3 is 0 Å². The highest BCUT2D eigenvalue weighted by Crippen LogP contribution is 2.19. The lowest BCUT2D eigenvalue weighted by Gasteiger charge is -1.93. The van der Waals surface area contributed by atoms with E-state index in [9.17, 15) is 0 Å². The number of aromatic nitrogens is 1. The summed E-state index contributed by atoms with van der Waals surface area (Å²) in [6, 6.07) is 9.67. The Morgan fingerprint density at radius 2 is 2.00 bits per heavy atom. The molecule has 0 unspecified atom stereocenters. The van der Waals surface area contributed by atoms with Crippen molar-refractivity contribution in [1.82, 2.24) is 4.98 Å². The predicted molar refractivity (Wildman–Crippen MR) is 59.4 cm³/mol. The lowest BCUT2D eigenvalue weighted by molar-refractivity contribution is 0.574. The summed E-state index contributed by atoms with van der Waals surface area (Å²) in [4.78, 5) is 4.00. The largest absolute Gasteiger partial charge is 0.443 e. The molecule has 0 aliphatic carbocycles. The molecule has 0 bridgehead atoms. The molecular weight excluding hydrogens is 291 g/mol. The standard InChI is InChI=1S/C10H5IN2O/c11-8-3-1-7(2-4-8)10-13-9(5-12)6-14-10/h1-4,6H. The molecule has 0 atom stereocenters. The molecule has 4 heteroatoms. The van der Waals surface area contributed by atoms with Crippen LogP contribution in [0.15, 0.2) is 34.9 Å². The van der Waals surface area contributed by atoms with Gasteiger partial charge in [-0.05, 0) is 46.9 Å². The van der Waals surface area contributed by atoms with Gasteiger partial charge in [-0.15, -0.1) is 0 Å². The van der Waals surface area contributed by atoms with Crippen LogP contribution in [0.5, 0.6) is 0 Å². The summed E-state index contributed by atoms with van der Waals surface area (Å²) in [5.74, 6) is 0.484. The number of hydrogen-bond acceptors (Lipinski definition) is 3. The van der Waals surface area contributed by atoms with Crippen LogP contribution in [0.25, 0.3) is 11.5 Å². The Morgan fingerprint density at radius 3 is 2.57 bits per heavy atom. The van der Waals surface area contributed by atoms with Crippen LogP contribution in [0, 0.1) is 14.9 Å². The van der Waals surface area contributed by atoms with E-state index in [1.165, 1.54) is 6.26 Å². The molecule has 2 aromatic rings. The number of halogens is 1. The smallest absolute Gasteiger partial charge is 0.227 e. The van der Waals surface area contributed by atoms with E-state index < -0.39 is 0 Å². The van der Waals surface area contributed by atoms with Gasteiger partial charge < -0.3 is 4.42 Å². The maximum absolute atomic E-state index is 8.57. The van der Waals surface area contributed by atoms with Crippen LogP contribution in [0.1, 0.15) is 5.69 Å². The molecule has 68 valence electrons. The van der Waals surface area contributed by atoms with E-state index in [0.717, 1.165) is 9.13 Å². The van der Waals surface area contributed by atoms with Crippen molar-refractivity contribution in [3.8, 4) is 17.5 Å². The molecule has 0 spiro atoms. The molecule has 3 nitrogen and oxygen atoms in total. The van der Waals surface area contributed by atoms with Crippen LogP contribution in [-0.4, -0.2) is 4.98 Å². The second-order valence-corrected chi connectivity index (χ2v) is 3.90. The van der Waals surface area contributed by atoms with Crippen LogP contribution in [0.2, 0.25) is 0 Å². The first-order valence-electron chi connectivity index (χ1n) is 3.91. The minimum absolute atomic E-state index is 0.304. The van der Waals surface area contributed by atoms with Crippen LogP contribution in [0.3, 0.4) is 0 Å². The molecule has 14 heavy (non-hydrogen) atoms. The molecular formula is C10H5IN2O. The zero-order chi connectivity index (χ0) is 9.97. The van der Waals surface area contributed by atoms with E-state index in [2.05, 4.69) is 27.6 Å². The van der Waals surface area contributed by atoms with Gasteiger partial charge in [-0.1, -0.05) is 0 Å². The second kappa shape index (κ2) is 3.80. The Balaban J connectivity index is 2.40. The SMILES string of the molecule is N#Cc1coc(-c2ccc(I)cc2)n1. The fraction of sp³-hybridized carbons (Fsp3) is 0.